The first-order valence-electron chi connectivity index (χ1n) is 11.2. The Kier molecular flexibility index (Phi) is 6.30. The lowest BCUT2D eigenvalue weighted by Gasteiger charge is -2.22. The van der Waals surface area contributed by atoms with E-state index in [1.165, 1.54) is 37.7 Å². The van der Waals surface area contributed by atoms with Gasteiger partial charge in [0, 0.05) is 5.56 Å². The van der Waals surface area contributed by atoms with Crippen LogP contribution in [0.1, 0.15) is 79.6 Å². The molecule has 0 aromatic heterocycles. The van der Waals surface area contributed by atoms with Crippen molar-refractivity contribution >= 4 is 23.6 Å². The lowest BCUT2D eigenvalue weighted by atomic mass is 9.81. The average molecular weight is 411 g/mol. The third-order valence-electron chi connectivity index (χ3n) is 6.89. The zero-order chi connectivity index (χ0) is 21.1. The first-order valence-corrected chi connectivity index (χ1v) is 11.2. The molecule has 30 heavy (non-hydrogen) atoms. The Morgan fingerprint density at radius 2 is 1.40 bits per heavy atom. The summed E-state index contributed by atoms with van der Waals surface area (Å²) in [6.45, 7) is -0.788. The normalized spacial score (nSPS) is 24.6. The average Bonchev–Trinajstić information content (AvgIpc) is 3.03. The van der Waals surface area contributed by atoms with Gasteiger partial charge >= 0.3 is 5.97 Å². The molecule has 0 unspecified atom stereocenters. The molecule has 1 aliphatic heterocycles. The van der Waals surface area contributed by atoms with Crippen molar-refractivity contribution in [2.24, 2.45) is 11.8 Å². The molecule has 6 nitrogen and oxygen atoms in total. The first-order chi connectivity index (χ1) is 14.5. The molecule has 1 heterocycles. The Morgan fingerprint density at radius 3 is 2.00 bits per heavy atom. The number of rotatable bonds is 6. The number of ketones is 1. The van der Waals surface area contributed by atoms with Crippen LogP contribution < -0.4 is 0 Å². The van der Waals surface area contributed by atoms with Crippen LogP contribution in [0.15, 0.2) is 24.3 Å². The molecule has 3 fully saturated rings. The molecule has 2 atom stereocenters. The third-order valence-corrected chi connectivity index (χ3v) is 6.89. The van der Waals surface area contributed by atoms with Crippen LogP contribution in [0.25, 0.3) is 0 Å². The number of hydrogen-bond acceptors (Lipinski definition) is 5. The van der Waals surface area contributed by atoms with Gasteiger partial charge in [0.15, 0.2) is 12.4 Å². The Labute approximate surface area is 177 Å². The number of likely N-dealkylation sites (tertiary alicyclic amines) is 1. The molecule has 2 aliphatic carbocycles. The molecule has 6 heteroatoms. The molecule has 1 saturated heterocycles. The molecule has 0 N–H and O–H groups in total. The quantitative estimate of drug-likeness (QED) is 0.406. The van der Waals surface area contributed by atoms with E-state index in [1.54, 1.807) is 12.1 Å². The van der Waals surface area contributed by atoms with E-state index in [4.69, 9.17) is 4.74 Å². The van der Waals surface area contributed by atoms with Crippen molar-refractivity contribution in [3.05, 3.63) is 35.4 Å². The van der Waals surface area contributed by atoms with Gasteiger partial charge in [-0.3, -0.25) is 24.1 Å². The van der Waals surface area contributed by atoms with Crippen LogP contribution in [-0.2, 0) is 19.1 Å². The maximum absolute atomic E-state index is 12.4. The fourth-order valence-electron chi connectivity index (χ4n) is 5.17. The summed E-state index contributed by atoms with van der Waals surface area (Å²) in [7, 11) is 0. The van der Waals surface area contributed by atoms with E-state index in [2.05, 4.69) is 0 Å². The van der Waals surface area contributed by atoms with Crippen molar-refractivity contribution in [3.63, 3.8) is 0 Å². The molecule has 0 radical (unpaired) electrons. The fourth-order valence-corrected chi connectivity index (χ4v) is 5.17. The molecular formula is C24H29NO5. The maximum Gasteiger partial charge on any atom is 0.326 e. The van der Waals surface area contributed by atoms with Gasteiger partial charge in [0.05, 0.1) is 11.8 Å². The van der Waals surface area contributed by atoms with Gasteiger partial charge in [0.25, 0.3) is 0 Å². The van der Waals surface area contributed by atoms with Gasteiger partial charge in [-0.05, 0) is 37.2 Å². The van der Waals surface area contributed by atoms with Crippen molar-refractivity contribution in [2.75, 3.05) is 13.2 Å². The number of nitrogens with zero attached hydrogens (tertiary/aromatic N) is 1. The molecule has 0 bridgehead atoms. The second-order valence-corrected chi connectivity index (χ2v) is 8.80. The number of fused-ring (bicyclic) bond motifs is 1. The van der Waals surface area contributed by atoms with Gasteiger partial charge < -0.3 is 4.74 Å². The minimum absolute atomic E-state index is 0.272. The van der Waals surface area contributed by atoms with Crippen LogP contribution in [0.2, 0.25) is 0 Å². The number of amides is 2. The summed E-state index contributed by atoms with van der Waals surface area (Å²) in [5.74, 6) is -1.56. The molecule has 2 amide bonds. The van der Waals surface area contributed by atoms with E-state index < -0.39 is 12.5 Å². The molecule has 2 saturated carbocycles. The predicted molar refractivity (Wildman–Crippen MR) is 110 cm³/mol. The van der Waals surface area contributed by atoms with Gasteiger partial charge in [-0.15, -0.1) is 0 Å². The lowest BCUT2D eigenvalue weighted by Crippen LogP contribution is -2.37. The SMILES string of the molecule is O=C(CN1C(=O)[C@H]2CCCC[C@@H]2C1=O)OCC(=O)c1ccc(C2CCCCC2)cc1. The minimum atomic E-state index is -0.720. The Bertz CT molecular complexity index is 801. The summed E-state index contributed by atoms with van der Waals surface area (Å²) in [5, 5.41) is 0. The summed E-state index contributed by atoms with van der Waals surface area (Å²) < 4.78 is 5.08. The highest BCUT2D eigenvalue weighted by atomic mass is 16.5. The van der Waals surface area contributed by atoms with Crippen LogP contribution in [0.4, 0.5) is 0 Å². The first kappa shape index (κ1) is 20.8. The second-order valence-electron chi connectivity index (χ2n) is 8.80. The fraction of sp³-hybridized carbons (Fsp3) is 0.583. The summed E-state index contributed by atoms with van der Waals surface area (Å²) in [6, 6.07) is 7.57. The number of carbonyl (C=O) groups excluding carboxylic acids is 4. The number of esters is 1. The summed E-state index contributed by atoms with van der Waals surface area (Å²) >= 11 is 0. The van der Waals surface area contributed by atoms with Crippen LogP contribution in [-0.4, -0.2) is 41.6 Å². The van der Waals surface area contributed by atoms with Crippen LogP contribution in [0, 0.1) is 11.8 Å². The highest BCUT2D eigenvalue weighted by Gasteiger charge is 2.48. The molecule has 4 rings (SSSR count). The largest absolute Gasteiger partial charge is 0.456 e. The second kappa shape index (κ2) is 9.11. The maximum atomic E-state index is 12.4. The van der Waals surface area contributed by atoms with Crippen molar-refractivity contribution < 1.29 is 23.9 Å². The van der Waals surface area contributed by atoms with Crippen molar-refractivity contribution in [3.8, 4) is 0 Å². The van der Waals surface area contributed by atoms with Crippen molar-refractivity contribution in [2.45, 2.75) is 63.7 Å². The lowest BCUT2D eigenvalue weighted by molar-refractivity contribution is -0.152. The summed E-state index contributed by atoms with van der Waals surface area (Å²) in [6.07, 6.45) is 9.48. The highest BCUT2D eigenvalue weighted by Crippen LogP contribution is 2.38. The summed E-state index contributed by atoms with van der Waals surface area (Å²) in [4.78, 5) is 50.5. The van der Waals surface area contributed by atoms with Crippen LogP contribution in [0.5, 0.6) is 0 Å². The number of Topliss-reactive ketones (excluding diaryl/α,β-unsaturated/α-hetero) is 1. The van der Waals surface area contributed by atoms with Gasteiger partial charge in [-0.25, -0.2) is 0 Å². The Morgan fingerprint density at radius 1 is 0.833 bits per heavy atom. The van der Waals surface area contributed by atoms with E-state index in [9.17, 15) is 19.2 Å². The monoisotopic (exact) mass is 411 g/mol. The van der Waals surface area contributed by atoms with E-state index in [0.29, 0.717) is 24.3 Å². The number of carbonyl (C=O) groups is 4. The Balaban J connectivity index is 1.28. The van der Waals surface area contributed by atoms with Gasteiger partial charge in [-0.1, -0.05) is 56.4 Å². The third kappa shape index (κ3) is 4.32. The smallest absolute Gasteiger partial charge is 0.326 e. The van der Waals surface area contributed by atoms with E-state index in [0.717, 1.165) is 17.7 Å². The number of imide groups is 1. The topological polar surface area (TPSA) is 80.8 Å². The molecule has 0 spiro atoms. The molecule has 1 aromatic rings. The molecule has 160 valence electrons. The van der Waals surface area contributed by atoms with Crippen LogP contribution in [0.3, 0.4) is 0 Å². The minimum Gasteiger partial charge on any atom is -0.456 e. The zero-order valence-corrected chi connectivity index (χ0v) is 17.3. The van der Waals surface area contributed by atoms with Crippen molar-refractivity contribution in [1.82, 2.24) is 4.90 Å². The van der Waals surface area contributed by atoms with E-state index >= 15 is 0 Å². The molecule has 1 aromatic carbocycles. The van der Waals surface area contributed by atoms with E-state index in [1.807, 2.05) is 12.1 Å². The van der Waals surface area contributed by atoms with Crippen LogP contribution >= 0.6 is 0 Å². The van der Waals surface area contributed by atoms with Gasteiger partial charge in [0.2, 0.25) is 11.8 Å². The van der Waals surface area contributed by atoms with Gasteiger partial charge in [0.1, 0.15) is 6.54 Å². The van der Waals surface area contributed by atoms with E-state index in [-0.39, 0.29) is 36.0 Å². The molecular weight excluding hydrogens is 382 g/mol. The predicted octanol–water partition coefficient (Wildman–Crippen LogP) is 3.64. The Hall–Kier alpha value is -2.50. The van der Waals surface area contributed by atoms with Gasteiger partial charge in [-0.2, -0.15) is 0 Å². The highest BCUT2D eigenvalue weighted by molar-refractivity contribution is 6.07. The molecule has 3 aliphatic rings. The van der Waals surface area contributed by atoms with Crippen molar-refractivity contribution in [1.29, 1.82) is 0 Å². The zero-order valence-electron chi connectivity index (χ0n) is 17.3. The number of benzene rings is 1. The number of hydrogen-bond donors (Lipinski definition) is 0. The summed E-state index contributed by atoms with van der Waals surface area (Å²) in [5.41, 5.74) is 1.76. The standard InChI is InChI=1S/C24H29NO5/c26-21(18-12-10-17(11-13-18)16-6-2-1-3-7-16)15-30-22(27)14-25-23(28)19-8-4-5-9-20(19)24(25)29/h10-13,16,19-20H,1-9,14-15H2/t19-,20-/m0/s1. The number of ether oxygens (including phenoxy) is 1.